The number of carbonyl (C=O) groups is 1. The van der Waals surface area contributed by atoms with Crippen molar-refractivity contribution in [2.75, 3.05) is 37.0 Å². The molecule has 1 N–H and O–H groups in total. The van der Waals surface area contributed by atoms with Gasteiger partial charge in [0.15, 0.2) is 0 Å². The molecule has 0 aliphatic carbocycles. The third-order valence-electron chi connectivity index (χ3n) is 6.04. The van der Waals surface area contributed by atoms with Crippen LogP contribution in [0.25, 0.3) is 0 Å². The van der Waals surface area contributed by atoms with E-state index in [9.17, 15) is 4.79 Å². The highest BCUT2D eigenvalue weighted by molar-refractivity contribution is 5.94. The molecule has 0 bridgehead atoms. The number of amides is 1. The van der Waals surface area contributed by atoms with Crippen LogP contribution in [0.3, 0.4) is 0 Å². The minimum absolute atomic E-state index is 0.0531. The first-order valence-electron chi connectivity index (χ1n) is 11.6. The fourth-order valence-corrected chi connectivity index (χ4v) is 4.34. The number of carbonyl (C=O) groups excluding carboxylic acids is 1. The zero-order chi connectivity index (χ0) is 23.4. The predicted molar refractivity (Wildman–Crippen MR) is 136 cm³/mol. The second-order valence-corrected chi connectivity index (χ2v) is 8.97. The number of nitrogens with zero attached hydrogens (tertiary/aromatic N) is 2. The van der Waals surface area contributed by atoms with Crippen LogP contribution in [0.1, 0.15) is 41.4 Å². The summed E-state index contributed by atoms with van der Waals surface area (Å²) in [5.74, 6) is 0.697. The molecular formula is C28H33N3O2. The molecule has 5 nitrogen and oxygen atoms in total. The Kier molecular flexibility index (Phi) is 6.87. The van der Waals surface area contributed by atoms with Gasteiger partial charge in [-0.25, -0.2) is 0 Å². The lowest BCUT2D eigenvalue weighted by molar-refractivity contribution is 0.0951. The van der Waals surface area contributed by atoms with Crippen LogP contribution in [0.2, 0.25) is 0 Å². The first kappa shape index (κ1) is 22.7. The number of benzene rings is 3. The van der Waals surface area contributed by atoms with Crippen molar-refractivity contribution in [3.05, 3.63) is 89.5 Å². The van der Waals surface area contributed by atoms with Gasteiger partial charge in [0, 0.05) is 44.1 Å². The molecule has 0 unspecified atom stereocenters. The normalized spacial score (nSPS) is 13.5. The zero-order valence-corrected chi connectivity index (χ0v) is 19.9. The highest BCUT2D eigenvalue weighted by atomic mass is 16.5. The van der Waals surface area contributed by atoms with Gasteiger partial charge in [0.1, 0.15) is 5.75 Å². The summed E-state index contributed by atoms with van der Waals surface area (Å²) in [6.07, 6.45) is 1.13. The molecule has 0 saturated heterocycles. The molecule has 1 atom stereocenters. The van der Waals surface area contributed by atoms with Crippen molar-refractivity contribution < 1.29 is 9.53 Å². The molecule has 172 valence electrons. The maximum absolute atomic E-state index is 12.9. The second kappa shape index (κ2) is 9.99. The van der Waals surface area contributed by atoms with Crippen molar-refractivity contribution >= 4 is 17.3 Å². The van der Waals surface area contributed by atoms with Gasteiger partial charge in [-0.15, -0.1) is 0 Å². The second-order valence-electron chi connectivity index (χ2n) is 8.97. The third-order valence-corrected chi connectivity index (χ3v) is 6.04. The molecule has 1 heterocycles. The first-order chi connectivity index (χ1) is 15.9. The monoisotopic (exact) mass is 443 g/mol. The Morgan fingerprint density at radius 2 is 1.70 bits per heavy atom. The van der Waals surface area contributed by atoms with E-state index in [0.29, 0.717) is 12.1 Å². The Balaban J connectivity index is 1.53. The van der Waals surface area contributed by atoms with E-state index in [2.05, 4.69) is 63.6 Å². The number of para-hydroxylation sites is 1. The molecular weight excluding hydrogens is 410 g/mol. The summed E-state index contributed by atoms with van der Waals surface area (Å²) in [6, 6.07) is 24.6. The van der Waals surface area contributed by atoms with Crippen molar-refractivity contribution in [2.24, 2.45) is 0 Å². The van der Waals surface area contributed by atoms with E-state index in [1.165, 1.54) is 16.8 Å². The molecule has 3 aromatic carbocycles. The lowest BCUT2D eigenvalue weighted by Crippen LogP contribution is -2.37. The van der Waals surface area contributed by atoms with Gasteiger partial charge in [-0.1, -0.05) is 30.3 Å². The highest BCUT2D eigenvalue weighted by Gasteiger charge is 2.27. The average Bonchev–Trinajstić information content (AvgIpc) is 3.23. The van der Waals surface area contributed by atoms with Crippen molar-refractivity contribution in [2.45, 2.75) is 32.4 Å². The fourth-order valence-electron chi connectivity index (χ4n) is 4.34. The van der Waals surface area contributed by atoms with Crippen molar-refractivity contribution in [3.63, 3.8) is 0 Å². The minimum Gasteiger partial charge on any atom is -0.491 e. The molecule has 0 spiro atoms. The van der Waals surface area contributed by atoms with Gasteiger partial charge in [0.2, 0.25) is 0 Å². The predicted octanol–water partition coefficient (Wildman–Crippen LogP) is 5.07. The molecule has 0 fully saturated rings. The minimum atomic E-state index is -0.0755. The number of nitrogens with one attached hydrogen (secondary N) is 1. The number of hydrogen-bond acceptors (Lipinski definition) is 4. The van der Waals surface area contributed by atoms with Crippen LogP contribution in [-0.2, 0) is 6.42 Å². The van der Waals surface area contributed by atoms with Gasteiger partial charge in [0.25, 0.3) is 5.91 Å². The molecule has 0 radical (unpaired) electrons. The van der Waals surface area contributed by atoms with Crippen molar-refractivity contribution in [3.8, 4) is 5.75 Å². The van der Waals surface area contributed by atoms with Crippen LogP contribution < -0.4 is 19.9 Å². The van der Waals surface area contributed by atoms with Crippen LogP contribution in [0, 0.1) is 0 Å². The number of hydrogen-bond donors (Lipinski definition) is 1. The molecule has 5 heteroatoms. The SMILES string of the molecule is CC(C)Oc1ccc(C(=O)NC[C@@H](c2ccc(N(C)C)cc2)N2CCc3ccccc32)cc1. The van der Waals surface area contributed by atoms with Gasteiger partial charge in [-0.3, -0.25) is 4.79 Å². The van der Waals surface area contributed by atoms with Crippen LogP contribution in [0.4, 0.5) is 11.4 Å². The molecule has 0 saturated carbocycles. The lowest BCUT2D eigenvalue weighted by atomic mass is 10.0. The van der Waals surface area contributed by atoms with E-state index < -0.39 is 0 Å². The van der Waals surface area contributed by atoms with Crippen molar-refractivity contribution in [1.82, 2.24) is 5.32 Å². The molecule has 1 amide bonds. The van der Waals surface area contributed by atoms with E-state index in [0.717, 1.165) is 24.4 Å². The summed E-state index contributed by atoms with van der Waals surface area (Å²) in [5, 5.41) is 3.17. The van der Waals surface area contributed by atoms with E-state index in [4.69, 9.17) is 4.74 Å². The summed E-state index contributed by atoms with van der Waals surface area (Å²) >= 11 is 0. The third kappa shape index (κ3) is 5.30. The Hall–Kier alpha value is -3.47. The lowest BCUT2D eigenvalue weighted by Gasteiger charge is -2.31. The summed E-state index contributed by atoms with van der Waals surface area (Å²) in [4.78, 5) is 17.5. The Morgan fingerprint density at radius 3 is 2.36 bits per heavy atom. The maximum atomic E-state index is 12.9. The number of anilines is 2. The smallest absolute Gasteiger partial charge is 0.251 e. The van der Waals surface area contributed by atoms with Gasteiger partial charge in [-0.2, -0.15) is 0 Å². The van der Waals surface area contributed by atoms with Gasteiger partial charge >= 0.3 is 0 Å². The molecule has 1 aliphatic rings. The molecule has 1 aliphatic heterocycles. The van der Waals surface area contributed by atoms with Gasteiger partial charge < -0.3 is 19.9 Å². The standard InChI is InChI=1S/C28H33N3O2/c1-20(2)33-25-15-11-23(12-16-25)28(32)29-19-27(22-9-13-24(14-10-22)30(3)4)31-18-17-21-7-5-6-8-26(21)31/h5-16,20,27H,17-19H2,1-4H3,(H,29,32)/t27-/m0/s1. The summed E-state index contributed by atoms with van der Waals surface area (Å²) in [5.41, 5.74) is 5.60. The quantitative estimate of drug-likeness (QED) is 0.528. The van der Waals surface area contributed by atoms with E-state index in [-0.39, 0.29) is 18.1 Å². The van der Waals surface area contributed by atoms with E-state index in [1.807, 2.05) is 52.2 Å². The Morgan fingerprint density at radius 1 is 1.00 bits per heavy atom. The highest BCUT2D eigenvalue weighted by Crippen LogP contribution is 2.35. The fraction of sp³-hybridized carbons (Fsp3) is 0.321. The maximum Gasteiger partial charge on any atom is 0.251 e. The topological polar surface area (TPSA) is 44.8 Å². The number of rotatable bonds is 8. The molecule has 33 heavy (non-hydrogen) atoms. The summed E-state index contributed by atoms with van der Waals surface area (Å²) in [6.45, 7) is 5.44. The van der Waals surface area contributed by atoms with Crippen LogP contribution >= 0.6 is 0 Å². The number of ether oxygens (including phenoxy) is 1. The van der Waals surface area contributed by atoms with Gasteiger partial charge in [-0.05, 0) is 73.9 Å². The van der Waals surface area contributed by atoms with E-state index >= 15 is 0 Å². The average molecular weight is 444 g/mol. The Labute approximate surface area is 197 Å². The molecule has 3 aromatic rings. The van der Waals surface area contributed by atoms with Crippen LogP contribution in [0.15, 0.2) is 72.8 Å². The van der Waals surface area contributed by atoms with E-state index in [1.54, 1.807) is 0 Å². The van der Waals surface area contributed by atoms with Crippen molar-refractivity contribution in [1.29, 1.82) is 0 Å². The summed E-state index contributed by atoms with van der Waals surface area (Å²) in [7, 11) is 4.09. The van der Waals surface area contributed by atoms with Gasteiger partial charge in [0.05, 0.1) is 12.1 Å². The molecule has 0 aromatic heterocycles. The van der Waals surface area contributed by atoms with Crippen LogP contribution in [-0.4, -0.2) is 39.2 Å². The number of fused-ring (bicyclic) bond motifs is 1. The van der Waals surface area contributed by atoms with Crippen LogP contribution in [0.5, 0.6) is 5.75 Å². The largest absolute Gasteiger partial charge is 0.491 e. The zero-order valence-electron chi connectivity index (χ0n) is 19.9. The summed E-state index contributed by atoms with van der Waals surface area (Å²) < 4.78 is 5.69. The Bertz CT molecular complexity index is 1080. The molecule has 4 rings (SSSR count). The first-order valence-corrected chi connectivity index (χ1v) is 11.6.